The summed E-state index contributed by atoms with van der Waals surface area (Å²) in [5.41, 5.74) is 2.05. The minimum atomic E-state index is 0. The van der Waals surface area contributed by atoms with Gasteiger partial charge in [-0.2, -0.15) is 0 Å². The van der Waals surface area contributed by atoms with Crippen LogP contribution >= 0.6 is 24.0 Å². The van der Waals surface area contributed by atoms with Crippen molar-refractivity contribution in [2.75, 3.05) is 38.0 Å². The lowest BCUT2D eigenvalue weighted by molar-refractivity contribution is -0.118. The number of nitrogens with zero attached hydrogens (tertiary/aromatic N) is 1. The maximum absolute atomic E-state index is 12.5. The molecule has 2 atom stereocenters. The minimum Gasteiger partial charge on any atom is -0.325 e. The number of amides is 1. The fourth-order valence-electron chi connectivity index (χ4n) is 4.64. The van der Waals surface area contributed by atoms with Crippen molar-refractivity contribution in [2.45, 2.75) is 31.6 Å². The molecule has 2 N–H and O–H groups in total. The summed E-state index contributed by atoms with van der Waals surface area (Å²) in [4.78, 5) is 15.1. The lowest BCUT2D eigenvalue weighted by Gasteiger charge is -2.37. The number of rotatable bonds is 3. The van der Waals surface area contributed by atoms with Crippen LogP contribution in [0.25, 0.3) is 0 Å². The molecule has 3 heterocycles. The van der Waals surface area contributed by atoms with E-state index in [1.54, 1.807) is 0 Å². The molecule has 1 aromatic carbocycles. The smallest absolute Gasteiger partial charge is 0.232 e. The number of likely N-dealkylation sites (tertiary alicyclic amines) is 1. The lowest BCUT2D eigenvalue weighted by atomic mass is 9.80. The SMILES string of the molecule is Cl.O=C1Nc2cc(Cl)ccc2C1C1CCN(CC2CCCNC2)CC1. The highest BCUT2D eigenvalue weighted by molar-refractivity contribution is 6.31. The minimum absolute atomic E-state index is 0. The van der Waals surface area contributed by atoms with Crippen LogP contribution in [0.1, 0.15) is 37.2 Å². The monoisotopic (exact) mass is 383 g/mol. The second kappa shape index (κ2) is 8.26. The van der Waals surface area contributed by atoms with Gasteiger partial charge in [-0.3, -0.25) is 4.79 Å². The van der Waals surface area contributed by atoms with E-state index >= 15 is 0 Å². The van der Waals surface area contributed by atoms with Crippen molar-refractivity contribution < 1.29 is 4.79 Å². The van der Waals surface area contributed by atoms with Crippen LogP contribution < -0.4 is 10.6 Å². The van der Waals surface area contributed by atoms with Gasteiger partial charge in [-0.25, -0.2) is 0 Å². The van der Waals surface area contributed by atoms with Crippen LogP contribution in [-0.2, 0) is 4.79 Å². The van der Waals surface area contributed by atoms with E-state index in [4.69, 9.17) is 11.6 Å². The van der Waals surface area contributed by atoms with Gasteiger partial charge >= 0.3 is 0 Å². The van der Waals surface area contributed by atoms with Gasteiger partial charge in [0.1, 0.15) is 0 Å². The third kappa shape index (κ3) is 4.13. The molecule has 25 heavy (non-hydrogen) atoms. The summed E-state index contributed by atoms with van der Waals surface area (Å²) in [6.45, 7) is 5.79. The molecule has 0 aromatic heterocycles. The van der Waals surface area contributed by atoms with Crippen LogP contribution in [0.3, 0.4) is 0 Å². The predicted octanol–water partition coefficient (Wildman–Crippen LogP) is 3.51. The number of hydrogen-bond acceptors (Lipinski definition) is 3. The summed E-state index contributed by atoms with van der Waals surface area (Å²) < 4.78 is 0. The summed E-state index contributed by atoms with van der Waals surface area (Å²) in [6, 6.07) is 5.80. The molecular formula is C19H27Cl2N3O. The van der Waals surface area contributed by atoms with Crippen molar-refractivity contribution >= 4 is 35.6 Å². The Morgan fingerprint density at radius 1 is 1.20 bits per heavy atom. The molecule has 1 aromatic rings. The largest absolute Gasteiger partial charge is 0.325 e. The topological polar surface area (TPSA) is 44.4 Å². The van der Waals surface area contributed by atoms with Gasteiger partial charge in [-0.1, -0.05) is 17.7 Å². The average molecular weight is 384 g/mol. The van der Waals surface area contributed by atoms with Gasteiger partial charge in [0.05, 0.1) is 5.92 Å². The van der Waals surface area contributed by atoms with Gasteiger partial charge in [-0.15, -0.1) is 12.4 Å². The quantitative estimate of drug-likeness (QED) is 0.838. The molecule has 0 bridgehead atoms. The maximum Gasteiger partial charge on any atom is 0.232 e. The number of carbonyl (C=O) groups is 1. The Labute approximate surface area is 161 Å². The molecule has 4 nitrogen and oxygen atoms in total. The van der Waals surface area contributed by atoms with Crippen molar-refractivity contribution in [3.63, 3.8) is 0 Å². The zero-order valence-corrected chi connectivity index (χ0v) is 16.0. The third-order valence-electron chi connectivity index (χ3n) is 5.91. The van der Waals surface area contributed by atoms with Crippen molar-refractivity contribution in [3.05, 3.63) is 28.8 Å². The van der Waals surface area contributed by atoms with Crippen LogP contribution in [0.15, 0.2) is 18.2 Å². The highest BCUT2D eigenvalue weighted by Gasteiger charge is 2.38. The Morgan fingerprint density at radius 2 is 2.00 bits per heavy atom. The molecule has 0 aliphatic carbocycles. The van der Waals surface area contributed by atoms with Gasteiger partial charge in [0.2, 0.25) is 5.91 Å². The van der Waals surface area contributed by atoms with E-state index in [0.29, 0.717) is 10.9 Å². The molecule has 2 unspecified atom stereocenters. The Kier molecular flexibility index (Phi) is 6.26. The lowest BCUT2D eigenvalue weighted by Crippen LogP contribution is -2.42. The van der Waals surface area contributed by atoms with E-state index in [1.807, 2.05) is 18.2 Å². The molecule has 6 heteroatoms. The van der Waals surface area contributed by atoms with E-state index in [-0.39, 0.29) is 24.2 Å². The standard InChI is InChI=1S/C19H26ClN3O.ClH/c20-15-3-4-16-17(10-15)22-19(24)18(16)14-5-8-23(9-6-14)12-13-2-1-7-21-11-13;/h3-4,10,13-14,18,21H,1-2,5-9,11-12H2,(H,22,24);1H. The maximum atomic E-state index is 12.5. The molecule has 0 saturated carbocycles. The zero-order valence-electron chi connectivity index (χ0n) is 14.5. The molecule has 1 amide bonds. The summed E-state index contributed by atoms with van der Waals surface area (Å²) >= 11 is 6.05. The fourth-order valence-corrected chi connectivity index (χ4v) is 4.81. The third-order valence-corrected chi connectivity index (χ3v) is 6.14. The molecule has 138 valence electrons. The molecule has 0 spiro atoms. The van der Waals surface area contributed by atoms with E-state index < -0.39 is 0 Å². The number of anilines is 1. The summed E-state index contributed by atoms with van der Waals surface area (Å²) in [6.07, 6.45) is 4.88. The van der Waals surface area contributed by atoms with Gasteiger partial charge in [0.25, 0.3) is 0 Å². The van der Waals surface area contributed by atoms with Crippen molar-refractivity contribution in [1.29, 1.82) is 0 Å². The molecule has 2 fully saturated rings. The van der Waals surface area contributed by atoms with Crippen LogP contribution in [0.2, 0.25) is 5.02 Å². The van der Waals surface area contributed by atoms with Crippen molar-refractivity contribution in [1.82, 2.24) is 10.2 Å². The zero-order chi connectivity index (χ0) is 16.5. The first-order chi connectivity index (χ1) is 11.7. The number of halogens is 2. The first kappa shape index (κ1) is 19.0. The molecule has 3 aliphatic rings. The first-order valence-corrected chi connectivity index (χ1v) is 9.62. The molecular weight excluding hydrogens is 357 g/mol. The molecule has 4 rings (SSSR count). The average Bonchev–Trinajstić information content (AvgIpc) is 2.91. The van der Waals surface area contributed by atoms with E-state index in [0.717, 1.165) is 43.1 Å². The van der Waals surface area contributed by atoms with Crippen LogP contribution in [0.5, 0.6) is 0 Å². The molecule has 0 radical (unpaired) electrons. The van der Waals surface area contributed by atoms with Crippen LogP contribution in [-0.4, -0.2) is 43.5 Å². The van der Waals surface area contributed by atoms with Crippen LogP contribution in [0, 0.1) is 11.8 Å². The molecule has 2 saturated heterocycles. The van der Waals surface area contributed by atoms with E-state index in [1.165, 1.54) is 32.5 Å². The van der Waals surface area contributed by atoms with Crippen molar-refractivity contribution in [2.24, 2.45) is 11.8 Å². The van der Waals surface area contributed by atoms with Gasteiger partial charge in [0.15, 0.2) is 0 Å². The predicted molar refractivity (Wildman–Crippen MR) is 105 cm³/mol. The summed E-state index contributed by atoms with van der Waals surface area (Å²) in [7, 11) is 0. The normalized spacial score (nSPS) is 27.5. The Morgan fingerprint density at radius 3 is 2.72 bits per heavy atom. The van der Waals surface area contributed by atoms with Crippen LogP contribution in [0.4, 0.5) is 5.69 Å². The Bertz CT molecular complexity index is 611. The number of fused-ring (bicyclic) bond motifs is 1. The number of carbonyl (C=O) groups excluding carboxylic acids is 1. The van der Waals surface area contributed by atoms with E-state index in [2.05, 4.69) is 15.5 Å². The molecule has 3 aliphatic heterocycles. The summed E-state index contributed by atoms with van der Waals surface area (Å²) in [5, 5.41) is 7.21. The second-order valence-electron chi connectivity index (χ2n) is 7.55. The fraction of sp³-hybridized carbons (Fsp3) is 0.632. The van der Waals surface area contributed by atoms with Gasteiger partial charge in [0, 0.05) is 17.3 Å². The Balaban J connectivity index is 0.00000182. The number of nitrogens with one attached hydrogen (secondary N) is 2. The van der Waals surface area contributed by atoms with Gasteiger partial charge < -0.3 is 15.5 Å². The Hall–Kier alpha value is -0.810. The number of hydrogen-bond donors (Lipinski definition) is 2. The highest BCUT2D eigenvalue weighted by atomic mass is 35.5. The summed E-state index contributed by atoms with van der Waals surface area (Å²) in [5.74, 6) is 1.42. The number of benzene rings is 1. The van der Waals surface area contributed by atoms with E-state index in [9.17, 15) is 4.79 Å². The van der Waals surface area contributed by atoms with Crippen molar-refractivity contribution in [3.8, 4) is 0 Å². The second-order valence-corrected chi connectivity index (χ2v) is 7.99. The first-order valence-electron chi connectivity index (χ1n) is 9.24. The van der Waals surface area contributed by atoms with Gasteiger partial charge in [-0.05, 0) is 81.4 Å². The highest BCUT2D eigenvalue weighted by Crippen LogP contribution is 2.42. The number of piperidine rings is 2.